The van der Waals surface area contributed by atoms with Gasteiger partial charge in [0, 0.05) is 13.0 Å². The van der Waals surface area contributed by atoms with Crippen molar-refractivity contribution in [1.29, 1.82) is 0 Å². The van der Waals surface area contributed by atoms with Crippen LogP contribution in [0.4, 0.5) is 0 Å². The first-order valence-corrected chi connectivity index (χ1v) is 7.27. The van der Waals surface area contributed by atoms with Gasteiger partial charge in [-0.05, 0) is 44.4 Å². The predicted molar refractivity (Wildman–Crippen MR) is 72.7 cm³/mol. The van der Waals surface area contributed by atoms with E-state index in [0.29, 0.717) is 12.1 Å². The van der Waals surface area contributed by atoms with Crippen molar-refractivity contribution in [3.05, 3.63) is 23.7 Å². The summed E-state index contributed by atoms with van der Waals surface area (Å²) < 4.78 is 11.6. The number of aryl methyl sites for hydroxylation is 1. The maximum atomic E-state index is 5.88. The summed E-state index contributed by atoms with van der Waals surface area (Å²) in [5, 5.41) is 3.58. The molecule has 2 atom stereocenters. The third-order valence-corrected chi connectivity index (χ3v) is 3.54. The highest BCUT2D eigenvalue weighted by molar-refractivity contribution is 5.11. The van der Waals surface area contributed by atoms with Crippen molar-refractivity contribution in [3.8, 4) is 0 Å². The summed E-state index contributed by atoms with van der Waals surface area (Å²) in [6, 6.07) is 4.50. The Bertz CT molecular complexity index is 342. The fourth-order valence-electron chi connectivity index (χ4n) is 2.48. The van der Waals surface area contributed by atoms with Gasteiger partial charge in [-0.2, -0.15) is 0 Å². The molecule has 1 aliphatic rings. The molecule has 1 saturated heterocycles. The minimum atomic E-state index is 0.299. The van der Waals surface area contributed by atoms with Crippen molar-refractivity contribution in [2.75, 3.05) is 13.2 Å². The number of hydrogen-bond donors (Lipinski definition) is 1. The summed E-state index contributed by atoms with van der Waals surface area (Å²) in [6.45, 7) is 6.26. The molecule has 3 nitrogen and oxygen atoms in total. The van der Waals surface area contributed by atoms with Crippen LogP contribution in [0.5, 0.6) is 0 Å². The molecule has 102 valence electrons. The highest BCUT2D eigenvalue weighted by Crippen LogP contribution is 2.26. The Morgan fingerprint density at radius 1 is 1.39 bits per heavy atom. The SMILES string of the molecule is CCCNC(CC1CCCO1)c1ccc(CC)o1. The van der Waals surface area contributed by atoms with E-state index < -0.39 is 0 Å². The summed E-state index contributed by atoms with van der Waals surface area (Å²) in [7, 11) is 0. The summed E-state index contributed by atoms with van der Waals surface area (Å²) >= 11 is 0. The van der Waals surface area contributed by atoms with E-state index >= 15 is 0 Å². The van der Waals surface area contributed by atoms with E-state index in [1.54, 1.807) is 0 Å². The van der Waals surface area contributed by atoms with Crippen LogP contribution in [0, 0.1) is 0 Å². The molecule has 1 N–H and O–H groups in total. The Morgan fingerprint density at radius 2 is 2.28 bits per heavy atom. The van der Waals surface area contributed by atoms with Crippen LogP contribution in [0.25, 0.3) is 0 Å². The topological polar surface area (TPSA) is 34.4 Å². The van der Waals surface area contributed by atoms with E-state index in [2.05, 4.69) is 31.3 Å². The molecule has 2 unspecified atom stereocenters. The number of hydrogen-bond acceptors (Lipinski definition) is 3. The highest BCUT2D eigenvalue weighted by Gasteiger charge is 2.23. The zero-order valence-electron chi connectivity index (χ0n) is 11.6. The van der Waals surface area contributed by atoms with Crippen molar-refractivity contribution in [3.63, 3.8) is 0 Å². The number of furan rings is 1. The van der Waals surface area contributed by atoms with Crippen molar-refractivity contribution in [2.45, 2.75) is 58.1 Å². The average Bonchev–Trinajstić information content (AvgIpc) is 3.05. The van der Waals surface area contributed by atoms with E-state index in [1.165, 1.54) is 12.8 Å². The molecule has 1 fully saturated rings. The molecular weight excluding hydrogens is 226 g/mol. The zero-order chi connectivity index (χ0) is 12.8. The second kappa shape index (κ2) is 6.95. The first-order chi connectivity index (χ1) is 8.83. The molecule has 0 amide bonds. The maximum Gasteiger partial charge on any atom is 0.121 e. The van der Waals surface area contributed by atoms with Gasteiger partial charge in [0.1, 0.15) is 11.5 Å². The van der Waals surface area contributed by atoms with Crippen LogP contribution in [0.2, 0.25) is 0 Å². The number of ether oxygens (including phenoxy) is 1. The van der Waals surface area contributed by atoms with Crippen molar-refractivity contribution in [1.82, 2.24) is 5.32 Å². The van der Waals surface area contributed by atoms with Crippen LogP contribution >= 0.6 is 0 Å². The van der Waals surface area contributed by atoms with Crippen molar-refractivity contribution in [2.24, 2.45) is 0 Å². The predicted octanol–water partition coefficient (Wildman–Crippen LogP) is 3.45. The second-order valence-electron chi connectivity index (χ2n) is 5.04. The van der Waals surface area contributed by atoms with Gasteiger partial charge in [0.05, 0.1) is 12.1 Å². The molecule has 0 aromatic carbocycles. The fraction of sp³-hybridized carbons (Fsp3) is 0.733. The zero-order valence-corrected chi connectivity index (χ0v) is 11.6. The molecular formula is C15H25NO2. The highest BCUT2D eigenvalue weighted by atomic mass is 16.5. The van der Waals surface area contributed by atoms with Gasteiger partial charge in [-0.25, -0.2) is 0 Å². The Balaban J connectivity index is 1.98. The van der Waals surface area contributed by atoms with E-state index in [9.17, 15) is 0 Å². The lowest BCUT2D eigenvalue weighted by Gasteiger charge is -2.19. The van der Waals surface area contributed by atoms with Crippen LogP contribution in [0.15, 0.2) is 16.5 Å². The first kappa shape index (κ1) is 13.6. The molecule has 3 heteroatoms. The monoisotopic (exact) mass is 251 g/mol. The van der Waals surface area contributed by atoms with Gasteiger partial charge in [0.15, 0.2) is 0 Å². The quantitative estimate of drug-likeness (QED) is 0.806. The molecule has 1 aromatic rings. The summed E-state index contributed by atoms with van der Waals surface area (Å²) in [5.74, 6) is 2.14. The van der Waals surface area contributed by atoms with Gasteiger partial charge in [-0.1, -0.05) is 13.8 Å². The van der Waals surface area contributed by atoms with Crippen LogP contribution < -0.4 is 5.32 Å². The number of nitrogens with one attached hydrogen (secondary N) is 1. The maximum absolute atomic E-state index is 5.88. The summed E-state index contributed by atoms with van der Waals surface area (Å²) in [6.07, 6.45) is 5.91. The van der Waals surface area contributed by atoms with Gasteiger partial charge in [0.2, 0.25) is 0 Å². The Kier molecular flexibility index (Phi) is 5.26. The van der Waals surface area contributed by atoms with Gasteiger partial charge in [-0.3, -0.25) is 0 Å². The third-order valence-electron chi connectivity index (χ3n) is 3.54. The normalized spacial score (nSPS) is 21.3. The lowest BCUT2D eigenvalue weighted by molar-refractivity contribution is 0.0918. The molecule has 0 spiro atoms. The molecule has 18 heavy (non-hydrogen) atoms. The van der Waals surface area contributed by atoms with Gasteiger partial charge in [-0.15, -0.1) is 0 Å². The summed E-state index contributed by atoms with van der Waals surface area (Å²) in [5.41, 5.74) is 0. The second-order valence-corrected chi connectivity index (χ2v) is 5.04. The van der Waals surface area contributed by atoms with E-state index in [-0.39, 0.29) is 0 Å². The molecule has 1 aromatic heterocycles. The molecule has 1 aliphatic heterocycles. The Labute approximate surface area is 110 Å². The third kappa shape index (κ3) is 3.59. The van der Waals surface area contributed by atoms with Crippen LogP contribution in [-0.2, 0) is 11.2 Å². The fourth-order valence-corrected chi connectivity index (χ4v) is 2.48. The van der Waals surface area contributed by atoms with Crippen LogP contribution in [0.1, 0.15) is 57.1 Å². The molecule has 2 rings (SSSR count). The minimum Gasteiger partial charge on any atom is -0.464 e. The lowest BCUT2D eigenvalue weighted by atomic mass is 10.0. The van der Waals surface area contributed by atoms with Crippen LogP contribution in [0.3, 0.4) is 0 Å². The van der Waals surface area contributed by atoms with Crippen molar-refractivity contribution >= 4 is 0 Å². The van der Waals surface area contributed by atoms with Gasteiger partial charge >= 0.3 is 0 Å². The Morgan fingerprint density at radius 3 is 2.89 bits per heavy atom. The molecule has 0 radical (unpaired) electrons. The molecule has 0 bridgehead atoms. The largest absolute Gasteiger partial charge is 0.464 e. The van der Waals surface area contributed by atoms with Gasteiger partial charge in [0.25, 0.3) is 0 Å². The number of rotatable bonds is 7. The van der Waals surface area contributed by atoms with Gasteiger partial charge < -0.3 is 14.5 Å². The van der Waals surface area contributed by atoms with Crippen LogP contribution in [-0.4, -0.2) is 19.3 Å². The first-order valence-electron chi connectivity index (χ1n) is 7.27. The molecule has 0 saturated carbocycles. The van der Waals surface area contributed by atoms with E-state index in [0.717, 1.165) is 43.9 Å². The standard InChI is InChI=1S/C15H25NO2/c1-3-9-16-14(11-13-6-5-10-17-13)15-8-7-12(4-2)18-15/h7-8,13-14,16H,3-6,9-11H2,1-2H3. The van der Waals surface area contributed by atoms with E-state index in [1.807, 2.05) is 0 Å². The van der Waals surface area contributed by atoms with E-state index in [4.69, 9.17) is 9.15 Å². The smallest absolute Gasteiger partial charge is 0.121 e. The molecule has 0 aliphatic carbocycles. The Hall–Kier alpha value is -0.800. The van der Waals surface area contributed by atoms with Crippen molar-refractivity contribution < 1.29 is 9.15 Å². The summed E-state index contributed by atoms with van der Waals surface area (Å²) in [4.78, 5) is 0. The molecule has 2 heterocycles. The minimum absolute atomic E-state index is 0.299. The lowest BCUT2D eigenvalue weighted by Crippen LogP contribution is -2.25. The average molecular weight is 251 g/mol.